The number of pyridine rings is 2. The Morgan fingerprint density at radius 1 is 1.21 bits per heavy atom. The topological polar surface area (TPSA) is 34.9 Å². The van der Waals surface area contributed by atoms with Gasteiger partial charge in [0.2, 0.25) is 0 Å². The highest BCUT2D eigenvalue weighted by Crippen LogP contribution is 2.16. The first kappa shape index (κ1) is 13.4. The normalized spacial score (nSPS) is 11.3. The molecule has 0 aliphatic carbocycles. The first-order valence-corrected chi connectivity index (χ1v) is 5.96. The van der Waals surface area contributed by atoms with Crippen LogP contribution in [0.5, 0.6) is 0 Å². The van der Waals surface area contributed by atoms with Crippen LogP contribution in [0.1, 0.15) is 37.4 Å². The van der Waals surface area contributed by atoms with Gasteiger partial charge in [-0.2, -0.15) is 0 Å². The van der Waals surface area contributed by atoms with Gasteiger partial charge in [0, 0.05) is 11.9 Å². The molecule has 0 aromatic carbocycles. The fourth-order valence-electron chi connectivity index (χ4n) is 1.76. The van der Waals surface area contributed by atoms with E-state index in [2.05, 4.69) is 4.98 Å². The van der Waals surface area contributed by atoms with Crippen LogP contribution in [0, 0.1) is 0 Å². The lowest BCUT2D eigenvalue weighted by molar-refractivity contribution is 0.149. The average Bonchev–Trinajstić information content (AvgIpc) is 2.38. The summed E-state index contributed by atoms with van der Waals surface area (Å²) in [6, 6.07) is 6.07. The lowest BCUT2D eigenvalue weighted by Gasteiger charge is -2.09. The van der Waals surface area contributed by atoms with Gasteiger partial charge < -0.3 is 0 Å². The second kappa shape index (κ2) is 5.30. The van der Waals surface area contributed by atoms with Crippen LogP contribution in [0.3, 0.4) is 0 Å². The first-order chi connectivity index (χ1) is 9.00. The van der Waals surface area contributed by atoms with E-state index in [0.717, 1.165) is 11.8 Å². The first-order valence-electron chi connectivity index (χ1n) is 5.96. The molecule has 0 amide bonds. The highest BCUT2D eigenvalue weighted by atomic mass is 19.3. The Labute approximate surface area is 109 Å². The Hall–Kier alpha value is -2.04. The second-order valence-electron chi connectivity index (χ2n) is 4.54. The third-order valence-electron chi connectivity index (χ3n) is 2.85. The lowest BCUT2D eigenvalue weighted by atomic mass is 10.1. The van der Waals surface area contributed by atoms with E-state index in [1.54, 1.807) is 12.1 Å². The molecule has 3 nitrogen and oxygen atoms in total. The zero-order valence-corrected chi connectivity index (χ0v) is 10.7. The smallest absolute Gasteiger partial charge is 0.269 e. The van der Waals surface area contributed by atoms with Gasteiger partial charge in [0.1, 0.15) is 0 Å². The molecule has 0 spiro atoms. The summed E-state index contributed by atoms with van der Waals surface area (Å²) < 4.78 is 26.5. The molecule has 2 heterocycles. The zero-order valence-electron chi connectivity index (χ0n) is 10.7. The molecule has 0 radical (unpaired) electrons. The van der Waals surface area contributed by atoms with Gasteiger partial charge in [-0.25, -0.2) is 8.78 Å². The van der Waals surface area contributed by atoms with Crippen molar-refractivity contribution in [2.75, 3.05) is 0 Å². The summed E-state index contributed by atoms with van der Waals surface area (Å²) in [5.74, 6) is 0.276. The van der Waals surface area contributed by atoms with Crippen molar-refractivity contribution in [3.05, 3.63) is 58.3 Å². The van der Waals surface area contributed by atoms with Crippen molar-refractivity contribution >= 4 is 0 Å². The van der Waals surface area contributed by atoms with Crippen LogP contribution in [-0.4, -0.2) is 9.55 Å². The number of halogens is 2. The van der Waals surface area contributed by atoms with Gasteiger partial charge >= 0.3 is 0 Å². The number of rotatable bonds is 3. The third-order valence-corrected chi connectivity index (χ3v) is 2.85. The predicted octanol–water partition coefficient (Wildman–Crippen LogP) is 3.29. The van der Waals surface area contributed by atoms with Crippen molar-refractivity contribution in [2.45, 2.75) is 26.2 Å². The summed E-state index contributed by atoms with van der Waals surface area (Å²) in [5, 5.41) is 0. The van der Waals surface area contributed by atoms with E-state index in [-0.39, 0.29) is 5.92 Å². The molecule has 0 saturated heterocycles. The molecule has 5 heteroatoms. The van der Waals surface area contributed by atoms with E-state index >= 15 is 0 Å². The highest BCUT2D eigenvalue weighted by Gasteiger charge is 2.14. The molecule has 2 aromatic heterocycles. The molecular formula is C14H14F2N2O. The standard InChI is InChI=1S/C14H14F2N2O/c1-9(2)12-6-5-10(8-17-12)18-7-3-4-11(13(15)16)14(18)19/h3-9,13H,1-2H3. The van der Waals surface area contributed by atoms with Gasteiger partial charge in [0.25, 0.3) is 12.0 Å². The molecule has 0 bridgehead atoms. The maximum atomic E-state index is 12.7. The molecule has 0 aliphatic rings. The molecule has 0 unspecified atom stereocenters. The SMILES string of the molecule is CC(C)c1ccc(-n2cccc(C(F)F)c2=O)cn1. The monoisotopic (exact) mass is 264 g/mol. The summed E-state index contributed by atoms with van der Waals surface area (Å²) in [5.41, 5.74) is 0.158. The van der Waals surface area contributed by atoms with Crippen molar-refractivity contribution in [2.24, 2.45) is 0 Å². The Morgan fingerprint density at radius 2 is 1.95 bits per heavy atom. The van der Waals surface area contributed by atoms with Crippen LogP contribution in [0.4, 0.5) is 8.78 Å². The Kier molecular flexibility index (Phi) is 3.74. The highest BCUT2D eigenvalue weighted by molar-refractivity contribution is 5.32. The molecule has 0 fully saturated rings. The van der Waals surface area contributed by atoms with E-state index in [0.29, 0.717) is 5.69 Å². The van der Waals surface area contributed by atoms with Crippen molar-refractivity contribution in [1.29, 1.82) is 0 Å². The van der Waals surface area contributed by atoms with Crippen LogP contribution >= 0.6 is 0 Å². The van der Waals surface area contributed by atoms with E-state index in [1.165, 1.54) is 23.0 Å². The fraction of sp³-hybridized carbons (Fsp3) is 0.286. The number of hydrogen-bond acceptors (Lipinski definition) is 2. The molecule has 2 aromatic rings. The van der Waals surface area contributed by atoms with Gasteiger partial charge in [-0.3, -0.25) is 14.3 Å². The fourth-order valence-corrected chi connectivity index (χ4v) is 1.76. The van der Waals surface area contributed by atoms with Crippen LogP contribution in [0.15, 0.2) is 41.5 Å². The zero-order chi connectivity index (χ0) is 14.0. The van der Waals surface area contributed by atoms with Crippen LogP contribution < -0.4 is 5.56 Å². The third kappa shape index (κ3) is 2.70. The van der Waals surface area contributed by atoms with E-state index in [1.807, 2.05) is 13.8 Å². The summed E-state index contributed by atoms with van der Waals surface area (Å²) in [6.45, 7) is 4.01. The Balaban J connectivity index is 2.48. The van der Waals surface area contributed by atoms with E-state index < -0.39 is 17.5 Å². The minimum absolute atomic E-state index is 0.276. The Morgan fingerprint density at radius 3 is 2.47 bits per heavy atom. The number of alkyl halides is 2. The number of nitrogens with zero attached hydrogens (tertiary/aromatic N) is 2. The van der Waals surface area contributed by atoms with Crippen molar-refractivity contribution in [3.8, 4) is 5.69 Å². The maximum Gasteiger partial charge on any atom is 0.269 e. The summed E-state index contributed by atoms with van der Waals surface area (Å²) in [7, 11) is 0. The summed E-state index contributed by atoms with van der Waals surface area (Å²) >= 11 is 0. The summed E-state index contributed by atoms with van der Waals surface area (Å²) in [4.78, 5) is 16.1. The van der Waals surface area contributed by atoms with Gasteiger partial charge in [-0.15, -0.1) is 0 Å². The quantitative estimate of drug-likeness (QED) is 0.852. The number of aromatic nitrogens is 2. The molecule has 0 N–H and O–H groups in total. The molecular weight excluding hydrogens is 250 g/mol. The van der Waals surface area contributed by atoms with Crippen molar-refractivity contribution in [3.63, 3.8) is 0 Å². The van der Waals surface area contributed by atoms with Crippen molar-refractivity contribution < 1.29 is 8.78 Å². The van der Waals surface area contributed by atoms with E-state index in [9.17, 15) is 13.6 Å². The van der Waals surface area contributed by atoms with Crippen LogP contribution in [-0.2, 0) is 0 Å². The molecule has 2 rings (SSSR count). The van der Waals surface area contributed by atoms with Crippen molar-refractivity contribution in [1.82, 2.24) is 9.55 Å². The van der Waals surface area contributed by atoms with Gasteiger partial charge in [0.05, 0.1) is 17.4 Å². The molecule has 19 heavy (non-hydrogen) atoms. The maximum absolute atomic E-state index is 12.7. The second-order valence-corrected chi connectivity index (χ2v) is 4.54. The van der Waals surface area contributed by atoms with Gasteiger partial charge in [-0.05, 0) is 30.2 Å². The van der Waals surface area contributed by atoms with E-state index in [4.69, 9.17) is 0 Å². The minimum atomic E-state index is -2.78. The molecule has 0 atom stereocenters. The van der Waals surface area contributed by atoms with Gasteiger partial charge in [0.15, 0.2) is 0 Å². The van der Waals surface area contributed by atoms with Crippen LogP contribution in [0.2, 0.25) is 0 Å². The predicted molar refractivity (Wildman–Crippen MR) is 68.9 cm³/mol. The lowest BCUT2D eigenvalue weighted by Crippen LogP contribution is -2.21. The molecule has 100 valence electrons. The summed E-state index contributed by atoms with van der Waals surface area (Å²) in [6.07, 6.45) is 0.203. The molecule has 0 aliphatic heterocycles. The minimum Gasteiger partial charge on any atom is -0.282 e. The number of hydrogen-bond donors (Lipinski definition) is 0. The average molecular weight is 264 g/mol. The molecule has 0 saturated carbocycles. The Bertz CT molecular complexity index is 618. The van der Waals surface area contributed by atoms with Gasteiger partial charge in [-0.1, -0.05) is 13.8 Å². The van der Waals surface area contributed by atoms with Crippen LogP contribution in [0.25, 0.3) is 5.69 Å². The largest absolute Gasteiger partial charge is 0.282 e.